The van der Waals surface area contributed by atoms with E-state index >= 15 is 0 Å². The summed E-state index contributed by atoms with van der Waals surface area (Å²) in [6.07, 6.45) is 5.24. The number of hydrogen-bond donors (Lipinski definition) is 0. The van der Waals surface area contributed by atoms with Crippen molar-refractivity contribution >= 4 is 11.6 Å². The van der Waals surface area contributed by atoms with Crippen molar-refractivity contribution in [3.63, 3.8) is 0 Å². The quantitative estimate of drug-likeness (QED) is 0.746. The predicted octanol–water partition coefficient (Wildman–Crippen LogP) is 4.02. The van der Waals surface area contributed by atoms with Gasteiger partial charge in [-0.1, -0.05) is 17.7 Å². The number of fused-ring (bicyclic) bond motifs is 1. The summed E-state index contributed by atoms with van der Waals surface area (Å²) in [5, 5.41) is 0.448. The van der Waals surface area contributed by atoms with Crippen LogP contribution in [0.15, 0.2) is 36.5 Å². The molecule has 0 N–H and O–H groups in total. The standard InChI is InChI=1S/C14H12ClNO/c15-14-9-13(6-7-16-14)17-12-5-4-10-2-1-3-11(10)8-12/h4-9H,1-3H2. The lowest BCUT2D eigenvalue weighted by Gasteiger charge is -2.07. The minimum atomic E-state index is 0.448. The molecule has 0 aliphatic heterocycles. The maximum absolute atomic E-state index is 5.81. The van der Waals surface area contributed by atoms with Crippen LogP contribution in [0, 0.1) is 0 Å². The van der Waals surface area contributed by atoms with Gasteiger partial charge in [0, 0.05) is 12.3 Å². The summed E-state index contributed by atoms with van der Waals surface area (Å²) < 4.78 is 5.76. The number of pyridine rings is 1. The molecule has 0 radical (unpaired) electrons. The third-order valence-electron chi connectivity index (χ3n) is 3.00. The summed E-state index contributed by atoms with van der Waals surface area (Å²) in [6.45, 7) is 0. The van der Waals surface area contributed by atoms with Crippen LogP contribution < -0.4 is 4.74 Å². The molecule has 0 atom stereocenters. The first kappa shape index (κ1) is 10.6. The van der Waals surface area contributed by atoms with Crippen LogP contribution in [0.5, 0.6) is 11.5 Å². The highest BCUT2D eigenvalue weighted by atomic mass is 35.5. The van der Waals surface area contributed by atoms with Gasteiger partial charge >= 0.3 is 0 Å². The largest absolute Gasteiger partial charge is 0.457 e. The zero-order chi connectivity index (χ0) is 11.7. The minimum absolute atomic E-state index is 0.448. The Morgan fingerprint density at radius 1 is 1.00 bits per heavy atom. The summed E-state index contributed by atoms with van der Waals surface area (Å²) in [5.74, 6) is 1.59. The maximum atomic E-state index is 5.81. The summed E-state index contributed by atoms with van der Waals surface area (Å²) in [4.78, 5) is 3.92. The molecule has 1 heterocycles. The SMILES string of the molecule is Clc1cc(Oc2ccc3c(c2)CCC3)ccn1. The normalized spacial score (nSPS) is 13.5. The third kappa shape index (κ3) is 2.27. The van der Waals surface area contributed by atoms with E-state index in [-0.39, 0.29) is 0 Å². The van der Waals surface area contributed by atoms with Gasteiger partial charge in [-0.3, -0.25) is 0 Å². The second-order valence-corrected chi connectivity index (χ2v) is 4.59. The topological polar surface area (TPSA) is 22.1 Å². The van der Waals surface area contributed by atoms with Gasteiger partial charge in [0.25, 0.3) is 0 Å². The molecule has 1 aromatic carbocycles. The van der Waals surface area contributed by atoms with E-state index in [0.29, 0.717) is 5.15 Å². The van der Waals surface area contributed by atoms with E-state index in [1.54, 1.807) is 18.3 Å². The molecule has 1 aliphatic rings. The van der Waals surface area contributed by atoms with Crippen LogP contribution >= 0.6 is 11.6 Å². The molecule has 0 spiro atoms. The Balaban J connectivity index is 1.86. The molecular weight excluding hydrogens is 234 g/mol. The van der Waals surface area contributed by atoms with E-state index in [0.717, 1.165) is 17.9 Å². The molecule has 2 nitrogen and oxygen atoms in total. The lowest BCUT2D eigenvalue weighted by molar-refractivity contribution is 0.481. The molecule has 1 aliphatic carbocycles. The van der Waals surface area contributed by atoms with E-state index < -0.39 is 0 Å². The van der Waals surface area contributed by atoms with Crippen LogP contribution in [-0.2, 0) is 12.8 Å². The Hall–Kier alpha value is -1.54. The van der Waals surface area contributed by atoms with E-state index in [9.17, 15) is 0 Å². The van der Waals surface area contributed by atoms with Crippen molar-refractivity contribution in [2.45, 2.75) is 19.3 Å². The fraction of sp³-hybridized carbons (Fsp3) is 0.214. The van der Waals surface area contributed by atoms with Crippen LogP contribution in [0.1, 0.15) is 17.5 Å². The molecule has 86 valence electrons. The van der Waals surface area contributed by atoms with Crippen LogP contribution in [-0.4, -0.2) is 4.98 Å². The average molecular weight is 246 g/mol. The summed E-state index contributed by atoms with van der Waals surface area (Å²) in [7, 11) is 0. The highest BCUT2D eigenvalue weighted by Gasteiger charge is 2.11. The van der Waals surface area contributed by atoms with E-state index in [4.69, 9.17) is 16.3 Å². The maximum Gasteiger partial charge on any atom is 0.132 e. The lowest BCUT2D eigenvalue weighted by atomic mass is 10.1. The van der Waals surface area contributed by atoms with Gasteiger partial charge in [0.05, 0.1) is 0 Å². The van der Waals surface area contributed by atoms with Gasteiger partial charge in [0.2, 0.25) is 0 Å². The first-order valence-corrected chi connectivity index (χ1v) is 6.10. The molecule has 0 unspecified atom stereocenters. The molecule has 3 heteroatoms. The average Bonchev–Trinajstić information content (AvgIpc) is 2.76. The van der Waals surface area contributed by atoms with Crippen LogP contribution in [0.2, 0.25) is 5.15 Å². The lowest BCUT2D eigenvalue weighted by Crippen LogP contribution is -1.88. The van der Waals surface area contributed by atoms with Gasteiger partial charge < -0.3 is 4.74 Å². The van der Waals surface area contributed by atoms with Gasteiger partial charge in [0.1, 0.15) is 16.7 Å². The third-order valence-corrected chi connectivity index (χ3v) is 3.21. The number of nitrogens with zero attached hydrogens (tertiary/aromatic N) is 1. The molecule has 17 heavy (non-hydrogen) atoms. The van der Waals surface area contributed by atoms with E-state index in [2.05, 4.69) is 17.1 Å². The Bertz CT molecular complexity index is 554. The van der Waals surface area contributed by atoms with Crippen molar-refractivity contribution in [3.8, 4) is 11.5 Å². The Morgan fingerprint density at radius 2 is 1.82 bits per heavy atom. The number of benzene rings is 1. The summed E-state index contributed by atoms with van der Waals surface area (Å²) >= 11 is 5.81. The molecule has 0 saturated carbocycles. The molecule has 0 saturated heterocycles. The summed E-state index contributed by atoms with van der Waals surface area (Å²) in [5.41, 5.74) is 2.85. The molecule has 2 aromatic rings. The number of halogens is 1. The first-order valence-electron chi connectivity index (χ1n) is 5.72. The van der Waals surface area contributed by atoms with Gasteiger partial charge in [-0.15, -0.1) is 0 Å². The number of hydrogen-bond acceptors (Lipinski definition) is 2. The number of ether oxygens (including phenoxy) is 1. The number of rotatable bonds is 2. The van der Waals surface area contributed by atoms with E-state index in [1.165, 1.54) is 24.0 Å². The van der Waals surface area contributed by atoms with Crippen LogP contribution in [0.4, 0.5) is 0 Å². The Labute approximate surface area is 105 Å². The second kappa shape index (κ2) is 4.38. The molecule has 1 aromatic heterocycles. The van der Waals surface area contributed by atoms with Crippen molar-refractivity contribution in [2.75, 3.05) is 0 Å². The number of aryl methyl sites for hydroxylation is 2. The van der Waals surface area contributed by atoms with Crippen molar-refractivity contribution < 1.29 is 4.74 Å². The zero-order valence-corrected chi connectivity index (χ0v) is 10.1. The molecule has 0 bridgehead atoms. The minimum Gasteiger partial charge on any atom is -0.457 e. The number of aromatic nitrogens is 1. The molecular formula is C14H12ClNO. The molecule has 0 amide bonds. The van der Waals surface area contributed by atoms with Crippen LogP contribution in [0.25, 0.3) is 0 Å². The predicted molar refractivity (Wildman–Crippen MR) is 67.8 cm³/mol. The van der Waals surface area contributed by atoms with Gasteiger partial charge in [-0.2, -0.15) is 0 Å². The highest BCUT2D eigenvalue weighted by molar-refractivity contribution is 6.29. The highest BCUT2D eigenvalue weighted by Crippen LogP contribution is 2.29. The van der Waals surface area contributed by atoms with Crippen molar-refractivity contribution in [3.05, 3.63) is 52.8 Å². The van der Waals surface area contributed by atoms with Gasteiger partial charge in [0.15, 0.2) is 0 Å². The zero-order valence-electron chi connectivity index (χ0n) is 9.32. The van der Waals surface area contributed by atoms with Crippen molar-refractivity contribution in [2.24, 2.45) is 0 Å². The fourth-order valence-corrected chi connectivity index (χ4v) is 2.36. The van der Waals surface area contributed by atoms with Crippen molar-refractivity contribution in [1.29, 1.82) is 0 Å². The Morgan fingerprint density at radius 3 is 2.71 bits per heavy atom. The molecule has 0 fully saturated rings. The van der Waals surface area contributed by atoms with Gasteiger partial charge in [-0.05, 0) is 48.6 Å². The Kier molecular flexibility index (Phi) is 2.73. The van der Waals surface area contributed by atoms with Gasteiger partial charge in [-0.25, -0.2) is 4.98 Å². The monoisotopic (exact) mass is 245 g/mol. The summed E-state index contributed by atoms with van der Waals surface area (Å²) in [6, 6.07) is 9.81. The second-order valence-electron chi connectivity index (χ2n) is 4.20. The molecule has 3 rings (SSSR count). The van der Waals surface area contributed by atoms with E-state index in [1.807, 2.05) is 6.07 Å². The van der Waals surface area contributed by atoms with Crippen LogP contribution in [0.3, 0.4) is 0 Å². The first-order chi connectivity index (χ1) is 8.31. The smallest absolute Gasteiger partial charge is 0.132 e. The van der Waals surface area contributed by atoms with Crippen molar-refractivity contribution in [1.82, 2.24) is 4.98 Å². The fourth-order valence-electron chi connectivity index (χ4n) is 2.20.